The highest BCUT2D eigenvalue weighted by Crippen LogP contribution is 2.38. The first-order chi connectivity index (χ1) is 9.42. The summed E-state index contributed by atoms with van der Waals surface area (Å²) in [5, 5.41) is 0. The number of nitrogens with zero attached hydrogens (tertiary/aromatic N) is 2. The summed E-state index contributed by atoms with van der Waals surface area (Å²) >= 11 is 1.57. The number of likely N-dealkylation sites (tertiary alicyclic amines) is 1. The van der Waals surface area contributed by atoms with Gasteiger partial charge in [0.2, 0.25) is 12.3 Å². The lowest BCUT2D eigenvalue weighted by atomic mass is 10.1. The van der Waals surface area contributed by atoms with Gasteiger partial charge in [0.15, 0.2) is 0 Å². The fourth-order valence-electron chi connectivity index (χ4n) is 2.81. The monoisotopic (exact) mass is 300 g/mol. The number of rotatable bonds is 3. The van der Waals surface area contributed by atoms with Crippen LogP contribution in [0.2, 0.25) is 0 Å². The first-order valence-electron chi connectivity index (χ1n) is 6.68. The zero-order valence-corrected chi connectivity index (χ0v) is 12.8. The van der Waals surface area contributed by atoms with Crippen LogP contribution in [-0.4, -0.2) is 64.4 Å². The lowest BCUT2D eigenvalue weighted by Gasteiger charge is -2.33. The van der Waals surface area contributed by atoms with Crippen molar-refractivity contribution in [2.45, 2.75) is 43.6 Å². The Morgan fingerprint density at radius 1 is 1.35 bits per heavy atom. The molecular weight excluding hydrogens is 280 g/mol. The molecule has 2 aliphatic rings. The molecule has 112 valence electrons. The van der Waals surface area contributed by atoms with E-state index in [0.29, 0.717) is 18.7 Å². The Morgan fingerprint density at radius 2 is 2.05 bits per heavy atom. The van der Waals surface area contributed by atoms with Crippen molar-refractivity contribution in [3.63, 3.8) is 0 Å². The van der Waals surface area contributed by atoms with Crippen LogP contribution in [0.4, 0.5) is 0 Å². The highest BCUT2D eigenvalue weighted by atomic mass is 32.2. The number of esters is 1. The maximum atomic E-state index is 12.6. The van der Waals surface area contributed by atoms with Crippen molar-refractivity contribution >= 4 is 30.0 Å². The molecule has 0 saturated carbocycles. The van der Waals surface area contributed by atoms with Gasteiger partial charge in [-0.05, 0) is 26.7 Å². The Labute approximate surface area is 122 Å². The van der Waals surface area contributed by atoms with E-state index in [9.17, 15) is 14.4 Å². The van der Waals surface area contributed by atoms with Gasteiger partial charge in [0.25, 0.3) is 0 Å². The van der Waals surface area contributed by atoms with Crippen LogP contribution in [0.3, 0.4) is 0 Å². The Bertz CT molecular complexity index is 427. The third-order valence-corrected chi connectivity index (χ3v) is 5.36. The number of thioether (sulfide) groups is 1. The molecule has 2 aliphatic heterocycles. The maximum absolute atomic E-state index is 12.6. The normalized spacial score (nSPS) is 28.6. The van der Waals surface area contributed by atoms with Crippen LogP contribution in [0.25, 0.3) is 0 Å². The van der Waals surface area contributed by atoms with Gasteiger partial charge in [-0.15, -0.1) is 11.8 Å². The predicted molar refractivity (Wildman–Crippen MR) is 75.0 cm³/mol. The summed E-state index contributed by atoms with van der Waals surface area (Å²) < 4.78 is 4.75. The van der Waals surface area contributed by atoms with Crippen LogP contribution in [0.1, 0.15) is 26.7 Å². The van der Waals surface area contributed by atoms with Gasteiger partial charge in [0.1, 0.15) is 12.1 Å². The SMILES string of the molecule is COC(=O)C1CCCN1C(=O)C1CSC(C)(C)N1C=O. The first kappa shape index (κ1) is 15.2. The fourth-order valence-corrected chi connectivity index (χ4v) is 3.99. The maximum Gasteiger partial charge on any atom is 0.328 e. The molecule has 0 aliphatic carbocycles. The summed E-state index contributed by atoms with van der Waals surface area (Å²) in [4.78, 5) is 38.4. The van der Waals surface area contributed by atoms with Crippen LogP contribution in [0.15, 0.2) is 0 Å². The number of hydrogen-bond donors (Lipinski definition) is 0. The summed E-state index contributed by atoms with van der Waals surface area (Å²) in [5.74, 6) is 0.0381. The highest BCUT2D eigenvalue weighted by Gasteiger charge is 2.47. The van der Waals surface area contributed by atoms with Crippen LogP contribution in [0.5, 0.6) is 0 Å². The molecule has 0 spiro atoms. The Hall–Kier alpha value is -1.24. The number of carbonyl (C=O) groups is 3. The van der Waals surface area contributed by atoms with Gasteiger partial charge in [0, 0.05) is 12.3 Å². The van der Waals surface area contributed by atoms with E-state index < -0.39 is 12.1 Å². The summed E-state index contributed by atoms with van der Waals surface area (Å²) in [6, 6.07) is -0.993. The van der Waals surface area contributed by atoms with E-state index >= 15 is 0 Å². The first-order valence-corrected chi connectivity index (χ1v) is 7.67. The smallest absolute Gasteiger partial charge is 0.328 e. The van der Waals surface area contributed by atoms with Gasteiger partial charge >= 0.3 is 5.97 Å². The van der Waals surface area contributed by atoms with Gasteiger partial charge in [-0.1, -0.05) is 0 Å². The number of carbonyl (C=O) groups excluding carboxylic acids is 3. The van der Waals surface area contributed by atoms with E-state index in [1.165, 1.54) is 7.11 Å². The molecule has 0 aromatic heterocycles. The van der Waals surface area contributed by atoms with E-state index in [2.05, 4.69) is 0 Å². The standard InChI is InChI=1S/C13H20N2O4S/c1-13(2)15(8-16)10(7-20-13)11(17)14-6-4-5-9(14)12(18)19-3/h8-10H,4-7H2,1-3H3. The topological polar surface area (TPSA) is 66.9 Å². The van der Waals surface area contributed by atoms with Crippen LogP contribution >= 0.6 is 11.8 Å². The molecular formula is C13H20N2O4S. The van der Waals surface area contributed by atoms with Gasteiger partial charge in [-0.2, -0.15) is 0 Å². The zero-order chi connectivity index (χ0) is 14.9. The second-order valence-corrected chi connectivity index (χ2v) is 7.12. The van der Waals surface area contributed by atoms with E-state index in [4.69, 9.17) is 4.74 Å². The Morgan fingerprint density at radius 3 is 2.65 bits per heavy atom. The van der Waals surface area contributed by atoms with E-state index in [0.717, 1.165) is 12.8 Å². The van der Waals surface area contributed by atoms with Crippen LogP contribution in [-0.2, 0) is 19.1 Å². The molecule has 0 N–H and O–H groups in total. The molecule has 2 fully saturated rings. The van der Waals surface area contributed by atoms with E-state index in [1.54, 1.807) is 21.6 Å². The minimum Gasteiger partial charge on any atom is -0.467 e. The molecule has 2 atom stereocenters. The van der Waals surface area contributed by atoms with Crippen molar-refractivity contribution < 1.29 is 19.1 Å². The van der Waals surface area contributed by atoms with Gasteiger partial charge in [-0.25, -0.2) is 4.79 Å². The second-order valence-electron chi connectivity index (χ2n) is 5.50. The Balaban J connectivity index is 2.15. The molecule has 6 nitrogen and oxygen atoms in total. The lowest BCUT2D eigenvalue weighted by Crippen LogP contribution is -2.53. The molecule has 7 heteroatoms. The predicted octanol–water partition coefficient (Wildman–Crippen LogP) is 0.460. The molecule has 2 heterocycles. The number of ether oxygens (including phenoxy) is 1. The van der Waals surface area contributed by atoms with E-state index in [1.807, 2.05) is 13.8 Å². The number of methoxy groups -OCH3 is 1. The van der Waals surface area contributed by atoms with Crippen LogP contribution < -0.4 is 0 Å². The van der Waals surface area contributed by atoms with Crippen LogP contribution in [0, 0.1) is 0 Å². The Kier molecular flexibility index (Phi) is 4.27. The molecule has 0 aromatic carbocycles. The highest BCUT2D eigenvalue weighted by molar-refractivity contribution is 8.00. The molecule has 0 bridgehead atoms. The summed E-state index contributed by atoms with van der Waals surface area (Å²) in [6.45, 7) is 4.38. The largest absolute Gasteiger partial charge is 0.467 e. The number of amides is 2. The van der Waals surface area contributed by atoms with Crippen molar-refractivity contribution in [3.8, 4) is 0 Å². The lowest BCUT2D eigenvalue weighted by molar-refractivity contribution is -0.153. The average molecular weight is 300 g/mol. The minimum atomic E-state index is -0.505. The average Bonchev–Trinajstić information content (AvgIpc) is 3.00. The minimum absolute atomic E-state index is 0.150. The van der Waals surface area contributed by atoms with Crippen molar-refractivity contribution in [3.05, 3.63) is 0 Å². The van der Waals surface area contributed by atoms with Crippen molar-refractivity contribution in [2.24, 2.45) is 0 Å². The second kappa shape index (κ2) is 5.63. The third-order valence-electron chi connectivity index (χ3n) is 3.96. The summed E-state index contributed by atoms with van der Waals surface area (Å²) in [6.07, 6.45) is 2.14. The van der Waals surface area contributed by atoms with Crippen molar-refractivity contribution in [1.82, 2.24) is 9.80 Å². The molecule has 2 unspecified atom stereocenters. The van der Waals surface area contributed by atoms with Crippen molar-refractivity contribution in [2.75, 3.05) is 19.4 Å². The fraction of sp³-hybridized carbons (Fsp3) is 0.769. The molecule has 2 amide bonds. The van der Waals surface area contributed by atoms with Gasteiger partial charge in [0.05, 0.1) is 12.0 Å². The van der Waals surface area contributed by atoms with Crippen molar-refractivity contribution in [1.29, 1.82) is 0 Å². The van der Waals surface area contributed by atoms with E-state index in [-0.39, 0.29) is 16.7 Å². The molecule has 0 radical (unpaired) electrons. The molecule has 20 heavy (non-hydrogen) atoms. The zero-order valence-electron chi connectivity index (χ0n) is 12.0. The molecule has 0 aromatic rings. The summed E-state index contributed by atoms with van der Waals surface area (Å²) in [5.41, 5.74) is 0. The third kappa shape index (κ3) is 2.51. The number of hydrogen-bond acceptors (Lipinski definition) is 5. The summed E-state index contributed by atoms with van der Waals surface area (Å²) in [7, 11) is 1.33. The van der Waals surface area contributed by atoms with Gasteiger partial charge < -0.3 is 14.5 Å². The van der Waals surface area contributed by atoms with Gasteiger partial charge in [-0.3, -0.25) is 9.59 Å². The quantitative estimate of drug-likeness (QED) is 0.559. The molecule has 2 rings (SSSR count). The molecule has 2 saturated heterocycles.